The number of halogens is 5. The van der Waals surface area contributed by atoms with E-state index in [1.165, 1.54) is 18.2 Å². The Hall–Kier alpha value is -1.41. The highest BCUT2D eigenvalue weighted by molar-refractivity contribution is 5.31. The molecular weight excluding hydrogens is 319 g/mol. The molecule has 3 nitrogen and oxygen atoms in total. The van der Waals surface area contributed by atoms with E-state index in [1.807, 2.05) is 4.90 Å². The Morgan fingerprint density at radius 2 is 1.91 bits per heavy atom. The molecule has 1 saturated heterocycles. The smallest absolute Gasteiger partial charge is 0.428 e. The lowest BCUT2D eigenvalue weighted by Gasteiger charge is -2.35. The molecular formula is C15H19F5N2O. The van der Waals surface area contributed by atoms with Crippen LogP contribution in [0.3, 0.4) is 0 Å². The van der Waals surface area contributed by atoms with Crippen molar-refractivity contribution in [1.29, 1.82) is 0 Å². The molecule has 0 amide bonds. The van der Waals surface area contributed by atoms with Crippen molar-refractivity contribution in [2.24, 2.45) is 0 Å². The molecule has 1 atom stereocenters. The van der Waals surface area contributed by atoms with Crippen molar-refractivity contribution in [2.45, 2.75) is 25.0 Å². The van der Waals surface area contributed by atoms with Gasteiger partial charge in [-0.05, 0) is 24.1 Å². The Morgan fingerprint density at radius 1 is 1.22 bits per heavy atom. The summed E-state index contributed by atoms with van der Waals surface area (Å²) >= 11 is 0. The van der Waals surface area contributed by atoms with Crippen LogP contribution in [-0.4, -0.2) is 50.3 Å². The summed E-state index contributed by atoms with van der Waals surface area (Å²) in [6.07, 6.45) is -8.27. The van der Waals surface area contributed by atoms with Gasteiger partial charge < -0.3 is 10.1 Å². The maximum Gasteiger partial charge on any atom is 0.461 e. The average Bonchev–Trinajstić information content (AvgIpc) is 2.53. The number of hydrogen-bond donors (Lipinski definition) is 1. The van der Waals surface area contributed by atoms with E-state index in [9.17, 15) is 22.0 Å². The maximum absolute atomic E-state index is 13.0. The minimum absolute atomic E-state index is 0.203. The van der Waals surface area contributed by atoms with Gasteiger partial charge in [0.1, 0.15) is 5.75 Å². The molecule has 0 spiro atoms. The summed E-state index contributed by atoms with van der Waals surface area (Å²) in [7, 11) is 0. The molecule has 130 valence electrons. The zero-order chi connectivity index (χ0) is 16.9. The van der Waals surface area contributed by atoms with Crippen LogP contribution in [-0.2, 0) is 0 Å². The Labute approximate surface area is 131 Å². The molecule has 0 radical (unpaired) electrons. The van der Waals surface area contributed by atoms with Crippen LogP contribution in [0.5, 0.6) is 5.75 Å². The fraction of sp³-hybridized carbons (Fsp3) is 0.600. The van der Waals surface area contributed by atoms with Gasteiger partial charge in [0.25, 0.3) is 0 Å². The summed E-state index contributed by atoms with van der Waals surface area (Å²) in [5, 5.41) is 3.18. The van der Waals surface area contributed by atoms with Crippen LogP contribution in [0.25, 0.3) is 0 Å². The van der Waals surface area contributed by atoms with E-state index in [-0.39, 0.29) is 18.2 Å². The average molecular weight is 338 g/mol. The Morgan fingerprint density at radius 3 is 2.52 bits per heavy atom. The second-order valence-electron chi connectivity index (χ2n) is 5.32. The summed E-state index contributed by atoms with van der Waals surface area (Å²) in [4.78, 5) is 2.04. The summed E-state index contributed by atoms with van der Waals surface area (Å²) in [6.45, 7) is 2.34. The van der Waals surface area contributed by atoms with E-state index in [2.05, 4.69) is 10.1 Å². The van der Waals surface area contributed by atoms with Crippen molar-refractivity contribution in [3.63, 3.8) is 0 Å². The lowest BCUT2D eigenvalue weighted by Crippen LogP contribution is -2.45. The highest BCUT2D eigenvalue weighted by Gasteiger charge is 2.44. The molecule has 23 heavy (non-hydrogen) atoms. The standard InChI is InChI=1S/C15H19F5N2O/c16-5-4-13(22-8-6-21-7-9-22)11-2-1-3-12(10-11)23-15(19,20)14(17)18/h1-3,10,13-14,21H,4-9H2/t13-/m0/s1. The fourth-order valence-corrected chi connectivity index (χ4v) is 2.64. The molecule has 1 aromatic carbocycles. The summed E-state index contributed by atoms with van der Waals surface area (Å²) in [5.74, 6) is -0.355. The summed E-state index contributed by atoms with van der Waals surface area (Å²) < 4.78 is 67.5. The van der Waals surface area contributed by atoms with Crippen LogP contribution in [0.4, 0.5) is 22.0 Å². The second-order valence-corrected chi connectivity index (χ2v) is 5.32. The van der Waals surface area contributed by atoms with Crippen molar-refractivity contribution < 1.29 is 26.7 Å². The van der Waals surface area contributed by atoms with Crippen molar-refractivity contribution >= 4 is 0 Å². The Bertz CT molecular complexity index is 495. The predicted molar refractivity (Wildman–Crippen MR) is 75.8 cm³/mol. The van der Waals surface area contributed by atoms with Gasteiger partial charge in [-0.25, -0.2) is 0 Å². The lowest BCUT2D eigenvalue weighted by molar-refractivity contribution is -0.253. The number of benzene rings is 1. The van der Waals surface area contributed by atoms with E-state index in [1.54, 1.807) is 6.07 Å². The molecule has 1 fully saturated rings. The van der Waals surface area contributed by atoms with Gasteiger partial charge in [-0.1, -0.05) is 12.1 Å². The van der Waals surface area contributed by atoms with Gasteiger partial charge in [-0.15, -0.1) is 0 Å². The number of rotatable bonds is 7. The molecule has 1 aliphatic heterocycles. The first kappa shape index (κ1) is 17.9. The van der Waals surface area contributed by atoms with Gasteiger partial charge in [0, 0.05) is 32.2 Å². The monoisotopic (exact) mass is 338 g/mol. The van der Waals surface area contributed by atoms with Gasteiger partial charge in [0.15, 0.2) is 0 Å². The second kappa shape index (κ2) is 7.92. The number of nitrogens with zero attached hydrogens (tertiary/aromatic N) is 1. The number of piperazine rings is 1. The lowest BCUT2D eigenvalue weighted by atomic mass is 10.0. The summed E-state index contributed by atoms with van der Waals surface area (Å²) in [5.41, 5.74) is 0.576. The molecule has 1 aliphatic rings. The van der Waals surface area contributed by atoms with Crippen molar-refractivity contribution in [2.75, 3.05) is 32.9 Å². The molecule has 2 rings (SSSR count). The van der Waals surface area contributed by atoms with Gasteiger partial charge in [-0.2, -0.15) is 17.6 Å². The van der Waals surface area contributed by atoms with Crippen LogP contribution < -0.4 is 10.1 Å². The third-order valence-electron chi connectivity index (χ3n) is 3.73. The Balaban J connectivity index is 2.18. The van der Waals surface area contributed by atoms with Gasteiger partial charge in [-0.3, -0.25) is 9.29 Å². The normalized spacial score (nSPS) is 18.2. The van der Waals surface area contributed by atoms with Gasteiger partial charge in [0.2, 0.25) is 0 Å². The minimum Gasteiger partial charge on any atom is -0.428 e. The van der Waals surface area contributed by atoms with E-state index >= 15 is 0 Å². The van der Waals surface area contributed by atoms with E-state index in [4.69, 9.17) is 0 Å². The molecule has 0 unspecified atom stereocenters. The number of nitrogens with one attached hydrogen (secondary N) is 1. The molecule has 1 heterocycles. The third kappa shape index (κ3) is 4.78. The van der Waals surface area contributed by atoms with Crippen LogP contribution in [0.2, 0.25) is 0 Å². The molecule has 1 aromatic rings. The molecule has 0 bridgehead atoms. The number of ether oxygens (including phenoxy) is 1. The largest absolute Gasteiger partial charge is 0.461 e. The van der Waals surface area contributed by atoms with Gasteiger partial charge >= 0.3 is 12.5 Å². The quantitative estimate of drug-likeness (QED) is 0.773. The highest BCUT2D eigenvalue weighted by atomic mass is 19.3. The first-order valence-corrected chi connectivity index (χ1v) is 7.39. The third-order valence-corrected chi connectivity index (χ3v) is 3.73. The fourth-order valence-electron chi connectivity index (χ4n) is 2.64. The molecule has 0 saturated carbocycles. The van der Waals surface area contributed by atoms with Gasteiger partial charge in [0.05, 0.1) is 6.67 Å². The predicted octanol–water partition coefficient (Wildman–Crippen LogP) is 3.23. The Kier molecular flexibility index (Phi) is 6.17. The zero-order valence-electron chi connectivity index (χ0n) is 12.5. The molecule has 0 aliphatic carbocycles. The van der Waals surface area contributed by atoms with Crippen molar-refractivity contribution in [3.8, 4) is 5.75 Å². The minimum atomic E-state index is -4.55. The van der Waals surface area contributed by atoms with Crippen molar-refractivity contribution in [1.82, 2.24) is 10.2 Å². The first-order chi connectivity index (χ1) is 10.9. The number of hydrogen-bond acceptors (Lipinski definition) is 3. The SMILES string of the molecule is FCC[C@@H](c1cccc(OC(F)(F)C(F)F)c1)N1CCNCC1. The molecule has 8 heteroatoms. The van der Waals surface area contributed by atoms with Crippen LogP contribution in [0.1, 0.15) is 18.0 Å². The van der Waals surface area contributed by atoms with Crippen LogP contribution in [0, 0.1) is 0 Å². The van der Waals surface area contributed by atoms with E-state index < -0.39 is 19.2 Å². The number of alkyl halides is 5. The summed E-state index contributed by atoms with van der Waals surface area (Å²) in [6, 6.07) is 5.27. The molecule has 0 aromatic heterocycles. The van der Waals surface area contributed by atoms with Crippen LogP contribution in [0.15, 0.2) is 24.3 Å². The first-order valence-electron chi connectivity index (χ1n) is 7.39. The topological polar surface area (TPSA) is 24.5 Å². The van der Waals surface area contributed by atoms with E-state index in [0.717, 1.165) is 13.1 Å². The van der Waals surface area contributed by atoms with Crippen molar-refractivity contribution in [3.05, 3.63) is 29.8 Å². The van der Waals surface area contributed by atoms with E-state index in [0.29, 0.717) is 18.7 Å². The van der Waals surface area contributed by atoms with Crippen LogP contribution >= 0.6 is 0 Å². The zero-order valence-corrected chi connectivity index (χ0v) is 12.5. The molecule has 1 N–H and O–H groups in total. The maximum atomic E-state index is 13.0. The highest BCUT2D eigenvalue weighted by Crippen LogP contribution is 2.31.